The number of hydrogen-bond donors (Lipinski definition) is 0. The maximum atomic E-state index is 13.9. The van der Waals surface area contributed by atoms with Crippen molar-refractivity contribution in [2.75, 3.05) is 7.11 Å². The zero-order valence-corrected chi connectivity index (χ0v) is 11.5. The molecule has 0 spiro atoms. The Morgan fingerprint density at radius 1 is 1.29 bits per heavy atom. The molecule has 0 aliphatic heterocycles. The van der Waals surface area contributed by atoms with Gasteiger partial charge >= 0.3 is 0 Å². The summed E-state index contributed by atoms with van der Waals surface area (Å²) in [5.74, 6) is -0.335. The summed E-state index contributed by atoms with van der Waals surface area (Å²) in [5, 5.41) is 7.98. The molecule has 5 nitrogen and oxygen atoms in total. The molecule has 6 heteroatoms. The summed E-state index contributed by atoms with van der Waals surface area (Å²) in [6.07, 6.45) is 1.66. The number of aryl methyl sites for hydroxylation is 1. The molecule has 0 aliphatic rings. The van der Waals surface area contributed by atoms with E-state index in [4.69, 9.17) is 4.74 Å². The van der Waals surface area contributed by atoms with Crippen LogP contribution in [0.3, 0.4) is 0 Å². The minimum atomic E-state index is -0.489. The summed E-state index contributed by atoms with van der Waals surface area (Å²) >= 11 is 0. The number of methoxy groups -OCH3 is 1. The van der Waals surface area contributed by atoms with Crippen LogP contribution in [-0.2, 0) is 7.05 Å². The number of fused-ring (bicyclic) bond motifs is 1. The highest BCUT2D eigenvalue weighted by atomic mass is 19.1. The summed E-state index contributed by atoms with van der Waals surface area (Å²) < 4.78 is 20.4. The van der Waals surface area contributed by atoms with Crippen LogP contribution in [0.2, 0.25) is 0 Å². The zero-order valence-electron chi connectivity index (χ0n) is 11.5. The van der Waals surface area contributed by atoms with E-state index in [0.717, 1.165) is 10.9 Å². The van der Waals surface area contributed by atoms with Crippen LogP contribution in [0.4, 0.5) is 10.1 Å². The Kier molecular flexibility index (Phi) is 3.13. The van der Waals surface area contributed by atoms with Crippen LogP contribution in [0.15, 0.2) is 41.7 Å². The fourth-order valence-corrected chi connectivity index (χ4v) is 2.33. The normalized spacial score (nSPS) is 10.8. The van der Waals surface area contributed by atoms with Crippen molar-refractivity contribution in [3.63, 3.8) is 0 Å². The third kappa shape index (κ3) is 2.14. The number of aromatic nitrogens is 2. The molecule has 2 aromatic carbocycles. The zero-order chi connectivity index (χ0) is 15.0. The van der Waals surface area contributed by atoms with Gasteiger partial charge in [0.25, 0.3) is 0 Å². The van der Waals surface area contributed by atoms with Gasteiger partial charge < -0.3 is 4.74 Å². The summed E-state index contributed by atoms with van der Waals surface area (Å²) in [7, 11) is 3.20. The molecule has 0 fully saturated rings. The number of nitroso groups, excluding NO2 is 1. The molecule has 0 saturated heterocycles. The lowest BCUT2D eigenvalue weighted by molar-refractivity contribution is 0.386. The lowest BCUT2D eigenvalue weighted by Gasteiger charge is -2.08. The van der Waals surface area contributed by atoms with Gasteiger partial charge in [0.15, 0.2) is 11.6 Å². The smallest absolute Gasteiger partial charge is 0.165 e. The van der Waals surface area contributed by atoms with E-state index in [0.29, 0.717) is 11.1 Å². The second-order valence-corrected chi connectivity index (χ2v) is 4.64. The summed E-state index contributed by atoms with van der Waals surface area (Å²) in [4.78, 5) is 11.1. The predicted octanol–water partition coefficient (Wildman–Crippen LogP) is 3.79. The number of rotatable bonds is 3. The highest BCUT2D eigenvalue weighted by Crippen LogP contribution is 2.35. The van der Waals surface area contributed by atoms with Gasteiger partial charge in [-0.2, -0.15) is 5.10 Å². The lowest BCUT2D eigenvalue weighted by atomic mass is 10.0. The molecule has 0 amide bonds. The van der Waals surface area contributed by atoms with Crippen molar-refractivity contribution < 1.29 is 9.13 Å². The van der Waals surface area contributed by atoms with Crippen molar-refractivity contribution in [1.82, 2.24) is 9.78 Å². The molecule has 0 atom stereocenters. The van der Waals surface area contributed by atoms with E-state index in [2.05, 4.69) is 10.3 Å². The summed E-state index contributed by atoms with van der Waals surface area (Å²) in [5.41, 5.74) is 2.21. The predicted molar refractivity (Wildman–Crippen MR) is 78.1 cm³/mol. The summed E-state index contributed by atoms with van der Waals surface area (Å²) in [6, 6.07) is 7.96. The molecule has 21 heavy (non-hydrogen) atoms. The van der Waals surface area contributed by atoms with E-state index in [9.17, 15) is 9.30 Å². The van der Waals surface area contributed by atoms with E-state index < -0.39 is 5.82 Å². The molecule has 0 aliphatic carbocycles. The first kappa shape index (κ1) is 13.2. The van der Waals surface area contributed by atoms with Gasteiger partial charge in [0, 0.05) is 18.0 Å². The second kappa shape index (κ2) is 4.97. The Labute approximate surface area is 119 Å². The van der Waals surface area contributed by atoms with Crippen molar-refractivity contribution in [3.8, 4) is 16.9 Å². The van der Waals surface area contributed by atoms with Gasteiger partial charge in [0.1, 0.15) is 5.69 Å². The molecule has 3 rings (SSSR count). The SMILES string of the molecule is COc1ccc(-c2cc3c(cnn3C)cc2N=O)cc1F. The molecule has 0 radical (unpaired) electrons. The van der Waals surface area contributed by atoms with Gasteiger partial charge in [-0.1, -0.05) is 6.07 Å². The van der Waals surface area contributed by atoms with Crippen LogP contribution in [-0.4, -0.2) is 16.9 Å². The minimum absolute atomic E-state index is 0.154. The molecular weight excluding hydrogens is 273 g/mol. The third-order valence-corrected chi connectivity index (χ3v) is 3.42. The Bertz CT molecular complexity index is 842. The topological polar surface area (TPSA) is 56.5 Å². The first-order valence-electron chi connectivity index (χ1n) is 6.27. The highest BCUT2D eigenvalue weighted by Gasteiger charge is 2.12. The summed E-state index contributed by atoms with van der Waals surface area (Å²) in [6.45, 7) is 0. The fourth-order valence-electron chi connectivity index (χ4n) is 2.33. The molecule has 0 saturated carbocycles. The van der Waals surface area contributed by atoms with Gasteiger partial charge in [-0.15, -0.1) is 4.91 Å². The largest absolute Gasteiger partial charge is 0.494 e. The first-order chi connectivity index (χ1) is 10.1. The molecular formula is C15H12FN3O2. The van der Waals surface area contributed by atoms with Crippen LogP contribution in [0, 0.1) is 10.7 Å². The molecule has 0 N–H and O–H groups in total. The van der Waals surface area contributed by atoms with Crippen molar-refractivity contribution >= 4 is 16.6 Å². The lowest BCUT2D eigenvalue weighted by Crippen LogP contribution is -1.91. The first-order valence-corrected chi connectivity index (χ1v) is 6.27. The Morgan fingerprint density at radius 3 is 2.76 bits per heavy atom. The molecule has 0 unspecified atom stereocenters. The molecule has 1 aromatic heterocycles. The standard InChI is InChI=1S/C15H12FN3O2/c1-19-14-7-11(13(18-20)6-10(14)8-17-19)9-3-4-15(21-2)12(16)5-9/h3-8H,1-2H3. The van der Waals surface area contributed by atoms with E-state index in [1.165, 1.54) is 19.2 Å². The minimum Gasteiger partial charge on any atom is -0.494 e. The molecule has 3 aromatic rings. The molecule has 1 heterocycles. The van der Waals surface area contributed by atoms with E-state index in [-0.39, 0.29) is 11.4 Å². The number of nitrogens with zero attached hydrogens (tertiary/aromatic N) is 3. The Hall–Kier alpha value is -2.76. The Balaban J connectivity index is 2.24. The van der Waals surface area contributed by atoms with Crippen LogP contribution < -0.4 is 4.74 Å². The van der Waals surface area contributed by atoms with Gasteiger partial charge in [-0.3, -0.25) is 4.68 Å². The third-order valence-electron chi connectivity index (χ3n) is 3.42. The van der Waals surface area contributed by atoms with Crippen molar-refractivity contribution in [1.29, 1.82) is 0 Å². The van der Waals surface area contributed by atoms with Crippen LogP contribution in [0.25, 0.3) is 22.0 Å². The number of ether oxygens (including phenoxy) is 1. The van der Waals surface area contributed by atoms with Crippen LogP contribution >= 0.6 is 0 Å². The van der Waals surface area contributed by atoms with Crippen LogP contribution in [0.1, 0.15) is 0 Å². The van der Waals surface area contributed by atoms with Gasteiger partial charge in [0.05, 0.1) is 18.8 Å². The van der Waals surface area contributed by atoms with Gasteiger partial charge in [-0.25, -0.2) is 4.39 Å². The highest BCUT2D eigenvalue weighted by molar-refractivity contribution is 5.91. The van der Waals surface area contributed by atoms with Gasteiger partial charge in [0.2, 0.25) is 0 Å². The van der Waals surface area contributed by atoms with E-state index in [1.54, 1.807) is 36.1 Å². The number of hydrogen-bond acceptors (Lipinski definition) is 4. The van der Waals surface area contributed by atoms with Crippen molar-refractivity contribution in [2.45, 2.75) is 0 Å². The maximum absolute atomic E-state index is 13.9. The average Bonchev–Trinajstić information content (AvgIpc) is 2.86. The van der Waals surface area contributed by atoms with Crippen molar-refractivity contribution in [3.05, 3.63) is 47.3 Å². The van der Waals surface area contributed by atoms with Gasteiger partial charge in [-0.05, 0) is 35.0 Å². The maximum Gasteiger partial charge on any atom is 0.165 e. The second-order valence-electron chi connectivity index (χ2n) is 4.64. The van der Waals surface area contributed by atoms with Crippen LogP contribution in [0.5, 0.6) is 5.75 Å². The number of benzene rings is 2. The number of halogens is 1. The quantitative estimate of drug-likeness (QED) is 0.688. The Morgan fingerprint density at radius 2 is 2.10 bits per heavy atom. The average molecular weight is 285 g/mol. The monoisotopic (exact) mass is 285 g/mol. The van der Waals surface area contributed by atoms with E-state index >= 15 is 0 Å². The fraction of sp³-hybridized carbons (Fsp3) is 0.133. The molecule has 106 valence electrons. The van der Waals surface area contributed by atoms with E-state index in [1.807, 2.05) is 0 Å². The van der Waals surface area contributed by atoms with Crippen molar-refractivity contribution in [2.24, 2.45) is 12.2 Å². The molecule has 0 bridgehead atoms.